The van der Waals surface area contributed by atoms with Gasteiger partial charge in [0.25, 0.3) is 5.56 Å². The zero-order chi connectivity index (χ0) is 30.0. The number of nitrogens with zero attached hydrogens (tertiary/aromatic N) is 3. The summed E-state index contributed by atoms with van der Waals surface area (Å²) in [6.07, 6.45) is 6.22. The number of allylic oxidation sites excluding steroid dienone is 1. The molecule has 0 fully saturated rings. The van der Waals surface area contributed by atoms with Crippen LogP contribution in [0.25, 0.3) is 12.2 Å². The van der Waals surface area contributed by atoms with Crippen LogP contribution in [-0.4, -0.2) is 49.3 Å². The molecule has 1 aromatic heterocycles. The molecule has 0 aliphatic carbocycles. The topological polar surface area (TPSA) is 68.4 Å². The Labute approximate surface area is 278 Å². The van der Waals surface area contributed by atoms with Crippen LogP contribution in [0.15, 0.2) is 58.0 Å². The Hall–Kier alpha value is -2.74. The minimum absolute atomic E-state index is 0. The summed E-state index contributed by atoms with van der Waals surface area (Å²) in [7, 11) is 1.70. The molecule has 0 saturated carbocycles. The highest BCUT2D eigenvalue weighted by Gasteiger charge is 2.34. The van der Waals surface area contributed by atoms with E-state index in [2.05, 4.69) is 48.8 Å². The van der Waals surface area contributed by atoms with Crippen molar-refractivity contribution in [3.8, 4) is 5.75 Å². The molecule has 8 nitrogen and oxygen atoms in total. The molecule has 0 saturated heterocycles. The van der Waals surface area contributed by atoms with Gasteiger partial charge in [-0.1, -0.05) is 11.8 Å². The van der Waals surface area contributed by atoms with Crippen molar-refractivity contribution in [2.24, 2.45) is 0 Å². The summed E-state index contributed by atoms with van der Waals surface area (Å²) in [5, 5.41) is 0.170. The van der Waals surface area contributed by atoms with Crippen LogP contribution in [0.4, 0.5) is 17.1 Å². The molecule has 2 unspecified atom stereocenters. The third-order valence-electron chi connectivity index (χ3n) is 7.70. The van der Waals surface area contributed by atoms with Gasteiger partial charge in [-0.2, -0.15) is 0 Å². The van der Waals surface area contributed by atoms with Crippen LogP contribution in [-0.2, 0) is 11.3 Å². The van der Waals surface area contributed by atoms with Crippen molar-refractivity contribution in [3.05, 3.63) is 73.4 Å². The Kier molecular flexibility index (Phi) is 11.1. The monoisotopic (exact) mass is 734 g/mol. The number of ether oxygens (including phenoxy) is 2. The lowest BCUT2D eigenvalue weighted by molar-refractivity contribution is -0.830. The largest absolute Gasteiger partial charge is 1.00 e. The summed E-state index contributed by atoms with van der Waals surface area (Å²) in [6.45, 7) is 13.6. The second-order valence-electron chi connectivity index (χ2n) is 9.90. The van der Waals surface area contributed by atoms with Crippen LogP contribution in [0, 0.1) is 0 Å². The average molecular weight is 735 g/mol. The third kappa shape index (κ3) is 6.27. The fourth-order valence-corrected chi connectivity index (χ4v) is 8.22. The standard InChI is InChI=1S/C32H38N4O4S2.HI/c1-7-33-23-14-12-21(32(38)40-11-5)18-24(23)34(8-2)28(33)17-16-27-31(37)36(10-4)30(42-27)20-29-35(9-3)25-19-22(39-6)13-15-26(25)41-29;/h12-20,29H,7-11H2,1-6H3;1H/b27-16+,28-17+,30-20-;. The van der Waals surface area contributed by atoms with Gasteiger partial charge >= 0.3 is 5.97 Å². The lowest BCUT2D eigenvalue weighted by Gasteiger charge is -2.23. The highest BCUT2D eigenvalue weighted by atomic mass is 127. The van der Waals surface area contributed by atoms with Gasteiger partial charge in [-0.25, -0.2) is 4.79 Å². The van der Waals surface area contributed by atoms with Gasteiger partial charge in [0.1, 0.15) is 21.9 Å². The smallest absolute Gasteiger partial charge is 0.338 e. The molecule has 230 valence electrons. The number of halogens is 1. The second kappa shape index (κ2) is 14.4. The summed E-state index contributed by atoms with van der Waals surface area (Å²) < 4.78 is 14.3. The van der Waals surface area contributed by atoms with Crippen LogP contribution in [0.5, 0.6) is 5.75 Å². The lowest BCUT2D eigenvalue weighted by Crippen LogP contribution is -3.08. The van der Waals surface area contributed by atoms with Crippen molar-refractivity contribution in [2.45, 2.75) is 51.4 Å². The molecule has 5 rings (SSSR count). The zero-order valence-electron chi connectivity index (χ0n) is 25.5. The number of rotatable bonds is 9. The molecule has 2 aromatic carbocycles. The minimum atomic E-state index is -0.322. The first-order chi connectivity index (χ1) is 20.4. The van der Waals surface area contributed by atoms with E-state index < -0.39 is 0 Å². The van der Waals surface area contributed by atoms with Crippen molar-refractivity contribution in [2.75, 3.05) is 43.2 Å². The molecule has 3 heterocycles. The maximum atomic E-state index is 13.5. The number of carbonyl (C=O) groups is 1. The molecule has 0 radical (unpaired) electrons. The highest BCUT2D eigenvalue weighted by Crippen LogP contribution is 2.42. The van der Waals surface area contributed by atoms with E-state index in [9.17, 15) is 9.59 Å². The number of quaternary nitrogens is 1. The Morgan fingerprint density at radius 1 is 0.977 bits per heavy atom. The maximum Gasteiger partial charge on any atom is 0.338 e. The van der Waals surface area contributed by atoms with Gasteiger partial charge in [-0.05, 0) is 77.1 Å². The number of carbonyl (C=O) groups excluding carboxylic acids is 1. The molecule has 3 aromatic rings. The van der Waals surface area contributed by atoms with E-state index in [1.165, 1.54) is 26.8 Å². The summed E-state index contributed by atoms with van der Waals surface area (Å²) in [5.74, 6) is 1.52. The van der Waals surface area contributed by atoms with Gasteiger partial charge in [-0.15, -0.1) is 11.3 Å². The Morgan fingerprint density at radius 3 is 2.37 bits per heavy atom. The summed E-state index contributed by atoms with van der Waals surface area (Å²) in [5.41, 5.74) is 3.81. The number of thioether (sulfide) groups is 1. The van der Waals surface area contributed by atoms with Crippen molar-refractivity contribution in [1.29, 1.82) is 0 Å². The number of aromatic nitrogens is 1. The number of fused-ring (bicyclic) bond motifs is 2. The number of methoxy groups -OCH3 is 1. The lowest BCUT2D eigenvalue weighted by atomic mass is 10.1. The van der Waals surface area contributed by atoms with Gasteiger partial charge in [0.2, 0.25) is 0 Å². The zero-order valence-corrected chi connectivity index (χ0v) is 29.3. The van der Waals surface area contributed by atoms with E-state index in [0.29, 0.717) is 23.2 Å². The molecule has 0 amide bonds. The van der Waals surface area contributed by atoms with Gasteiger partial charge < -0.3 is 43.3 Å². The summed E-state index contributed by atoms with van der Waals surface area (Å²) in [6, 6.07) is 12.0. The number of nitrogens with one attached hydrogen (secondary N) is 1. The van der Waals surface area contributed by atoms with Crippen molar-refractivity contribution in [1.82, 2.24) is 4.57 Å². The van der Waals surface area contributed by atoms with Crippen LogP contribution in [0.3, 0.4) is 0 Å². The number of esters is 1. The number of hydrogen-bond donors (Lipinski definition) is 1. The highest BCUT2D eigenvalue weighted by molar-refractivity contribution is 8.00. The quantitative estimate of drug-likeness (QED) is 0.255. The Morgan fingerprint density at radius 2 is 1.72 bits per heavy atom. The molecule has 0 spiro atoms. The van der Waals surface area contributed by atoms with E-state index in [-0.39, 0.29) is 40.9 Å². The van der Waals surface area contributed by atoms with E-state index in [4.69, 9.17) is 9.47 Å². The first-order valence-corrected chi connectivity index (χ1v) is 16.3. The van der Waals surface area contributed by atoms with Gasteiger partial charge in [0.05, 0.1) is 46.6 Å². The molecule has 0 bridgehead atoms. The first-order valence-electron chi connectivity index (χ1n) is 14.6. The van der Waals surface area contributed by atoms with Gasteiger partial charge in [-0.3, -0.25) is 14.3 Å². The van der Waals surface area contributed by atoms with Crippen molar-refractivity contribution < 1.29 is 43.1 Å². The summed E-state index contributed by atoms with van der Waals surface area (Å²) >= 11 is 3.37. The molecule has 43 heavy (non-hydrogen) atoms. The number of anilines is 2. The Balaban J connectivity index is 0.00000423. The molecule has 2 aliphatic rings. The molecule has 2 atom stereocenters. The Bertz CT molecular complexity index is 1700. The molecular weight excluding hydrogens is 695 g/mol. The predicted molar refractivity (Wildman–Crippen MR) is 173 cm³/mol. The van der Waals surface area contributed by atoms with Gasteiger partial charge in [0, 0.05) is 31.8 Å². The number of benzene rings is 2. The number of thiazole rings is 1. The molecule has 1 N–H and O–H groups in total. The maximum absolute atomic E-state index is 13.5. The predicted octanol–water partition coefficient (Wildman–Crippen LogP) is 0.556. The molecular formula is C32H39IN4O4S2. The van der Waals surface area contributed by atoms with E-state index in [0.717, 1.165) is 47.2 Å². The fourth-order valence-electron chi connectivity index (χ4n) is 5.68. The van der Waals surface area contributed by atoms with Crippen LogP contribution in [0.1, 0.15) is 45.0 Å². The fraction of sp³-hybridized carbons (Fsp3) is 0.375. The first kappa shape index (κ1) is 33.2. The van der Waals surface area contributed by atoms with Crippen LogP contribution >= 0.6 is 23.1 Å². The second-order valence-corrected chi connectivity index (χ2v) is 12.1. The van der Waals surface area contributed by atoms with Crippen molar-refractivity contribution >= 4 is 58.3 Å². The third-order valence-corrected chi connectivity index (χ3v) is 10.1. The SMILES string of the molecule is CCOC(=O)c1ccc2c(c1)N(CC)/C(=C/C=c1/s/c(=C\C3Sc4ccc(OC)cc4[NH+]3CC)n(CC)c1=O)N2CC.[I-]. The van der Waals surface area contributed by atoms with Gasteiger partial charge in [0.15, 0.2) is 5.37 Å². The average Bonchev–Trinajstić information content (AvgIpc) is 3.62. The molecule has 2 aliphatic heterocycles. The van der Waals surface area contributed by atoms with Crippen LogP contribution in [0.2, 0.25) is 0 Å². The van der Waals surface area contributed by atoms with Crippen LogP contribution < -0.4 is 58.2 Å². The van der Waals surface area contributed by atoms with Crippen molar-refractivity contribution in [3.63, 3.8) is 0 Å². The minimum Gasteiger partial charge on any atom is -1.00 e. The normalized spacial score (nSPS) is 19.1. The molecule has 11 heteroatoms. The number of hydrogen-bond acceptors (Lipinski definition) is 8. The van der Waals surface area contributed by atoms with E-state index >= 15 is 0 Å². The summed E-state index contributed by atoms with van der Waals surface area (Å²) in [4.78, 5) is 33.0. The van der Waals surface area contributed by atoms with E-state index in [1.807, 2.05) is 66.6 Å². The van der Waals surface area contributed by atoms with E-state index in [1.54, 1.807) is 7.11 Å².